The summed E-state index contributed by atoms with van der Waals surface area (Å²) in [5.41, 5.74) is 7.49. The highest BCUT2D eigenvalue weighted by Gasteiger charge is 2.38. The van der Waals surface area contributed by atoms with Gasteiger partial charge in [0, 0.05) is 18.4 Å². The number of hydrogen-bond acceptors (Lipinski definition) is 6. The molecule has 1 heterocycles. The molecule has 0 aromatic heterocycles. The highest BCUT2D eigenvalue weighted by molar-refractivity contribution is 5.99. The molecule has 0 radical (unpaired) electrons. The summed E-state index contributed by atoms with van der Waals surface area (Å²) in [7, 11) is 0. The summed E-state index contributed by atoms with van der Waals surface area (Å²) in [6.07, 6.45) is 3.45. The third-order valence-electron chi connectivity index (χ3n) is 4.56. The molecule has 0 fully saturated rings. The Bertz CT molecular complexity index is 877. The average Bonchev–Trinajstić information content (AvgIpc) is 2.66. The second kappa shape index (κ2) is 8.00. The van der Waals surface area contributed by atoms with Crippen molar-refractivity contribution in [3.63, 3.8) is 0 Å². The Labute approximate surface area is 158 Å². The molecule has 1 aromatic carbocycles. The predicted molar refractivity (Wildman–Crippen MR) is 99.8 cm³/mol. The van der Waals surface area contributed by atoms with Gasteiger partial charge in [-0.1, -0.05) is 18.7 Å². The quantitative estimate of drug-likeness (QED) is 0.775. The van der Waals surface area contributed by atoms with E-state index in [0.29, 0.717) is 48.9 Å². The number of hydrogen-bond donors (Lipinski definition) is 1. The molecule has 6 nitrogen and oxygen atoms in total. The van der Waals surface area contributed by atoms with Crippen LogP contribution in [0, 0.1) is 11.3 Å². The number of ketones is 1. The zero-order chi connectivity index (χ0) is 19.4. The van der Waals surface area contributed by atoms with Gasteiger partial charge < -0.3 is 19.9 Å². The molecule has 27 heavy (non-hydrogen) atoms. The Balaban J connectivity index is 2.10. The molecule has 0 amide bonds. The first-order valence-corrected chi connectivity index (χ1v) is 8.95. The number of carbonyl (C=O) groups is 1. The summed E-state index contributed by atoms with van der Waals surface area (Å²) >= 11 is 0. The summed E-state index contributed by atoms with van der Waals surface area (Å²) < 4.78 is 16.9. The molecule has 2 aliphatic rings. The number of Topliss-reactive ketones (excluding diaryl/α,β-unsaturated/α-hetero) is 1. The Morgan fingerprint density at radius 3 is 2.89 bits per heavy atom. The molecule has 1 aromatic rings. The number of nitriles is 1. The van der Waals surface area contributed by atoms with E-state index in [0.717, 1.165) is 12.0 Å². The van der Waals surface area contributed by atoms with E-state index in [-0.39, 0.29) is 17.2 Å². The molecule has 1 aliphatic heterocycles. The lowest BCUT2D eigenvalue weighted by Gasteiger charge is -2.31. The van der Waals surface area contributed by atoms with E-state index in [2.05, 4.69) is 12.6 Å². The molecular weight excluding hydrogens is 344 g/mol. The molecule has 0 saturated carbocycles. The average molecular weight is 366 g/mol. The van der Waals surface area contributed by atoms with Gasteiger partial charge in [0.2, 0.25) is 5.88 Å². The zero-order valence-corrected chi connectivity index (χ0v) is 15.3. The lowest BCUT2D eigenvalue weighted by Crippen LogP contribution is -2.27. The summed E-state index contributed by atoms with van der Waals surface area (Å²) in [6, 6.07) is 7.52. The van der Waals surface area contributed by atoms with Crippen LogP contribution in [-0.2, 0) is 9.53 Å². The van der Waals surface area contributed by atoms with Crippen LogP contribution in [0.15, 0.2) is 53.6 Å². The fourth-order valence-corrected chi connectivity index (χ4v) is 3.43. The van der Waals surface area contributed by atoms with E-state index in [1.165, 1.54) is 0 Å². The minimum atomic E-state index is -0.556. The van der Waals surface area contributed by atoms with E-state index >= 15 is 0 Å². The molecule has 1 atom stereocenters. The van der Waals surface area contributed by atoms with Crippen molar-refractivity contribution in [2.45, 2.75) is 32.1 Å². The number of nitrogens with two attached hydrogens (primary N) is 1. The van der Waals surface area contributed by atoms with Crippen LogP contribution in [0.3, 0.4) is 0 Å². The van der Waals surface area contributed by atoms with Gasteiger partial charge in [0.05, 0.1) is 12.5 Å². The molecule has 6 heteroatoms. The van der Waals surface area contributed by atoms with Gasteiger partial charge >= 0.3 is 0 Å². The molecule has 140 valence electrons. The fraction of sp³-hybridized carbons (Fsp3) is 0.333. The van der Waals surface area contributed by atoms with E-state index in [1.807, 2.05) is 13.0 Å². The van der Waals surface area contributed by atoms with E-state index < -0.39 is 5.92 Å². The molecule has 0 saturated heterocycles. The standard InChI is InChI=1S/C21H22N2O4/c1-3-10-26-16-9-8-13(11-18(16)25-4-2)19-14(12-22)21(23)27-17-7-5-6-15(24)20(17)19/h3,8-9,11,19H,1,4-7,10,23H2,2H3. The van der Waals surface area contributed by atoms with Crippen LogP contribution in [0.5, 0.6) is 11.5 Å². The van der Waals surface area contributed by atoms with E-state index in [9.17, 15) is 10.1 Å². The molecule has 2 N–H and O–H groups in total. The molecule has 1 unspecified atom stereocenters. The van der Waals surface area contributed by atoms with Crippen molar-refractivity contribution in [1.29, 1.82) is 5.26 Å². The fourth-order valence-electron chi connectivity index (χ4n) is 3.43. The molecular formula is C21H22N2O4. The van der Waals surface area contributed by atoms with Crippen LogP contribution in [0.1, 0.15) is 37.7 Å². The first-order valence-electron chi connectivity index (χ1n) is 8.95. The Morgan fingerprint density at radius 2 is 2.19 bits per heavy atom. The molecule has 3 rings (SSSR count). The van der Waals surface area contributed by atoms with Crippen molar-refractivity contribution in [3.05, 3.63) is 59.2 Å². The van der Waals surface area contributed by atoms with E-state index in [1.54, 1.807) is 18.2 Å². The van der Waals surface area contributed by atoms with Crippen molar-refractivity contribution >= 4 is 5.78 Å². The van der Waals surface area contributed by atoms with Crippen LogP contribution in [0.25, 0.3) is 0 Å². The number of carbonyl (C=O) groups excluding carboxylic acids is 1. The van der Waals surface area contributed by atoms with Crippen molar-refractivity contribution in [1.82, 2.24) is 0 Å². The number of rotatable bonds is 6. The first-order chi connectivity index (χ1) is 13.1. The van der Waals surface area contributed by atoms with Crippen LogP contribution in [0.4, 0.5) is 0 Å². The topological polar surface area (TPSA) is 94.6 Å². The Hall–Kier alpha value is -3.20. The third-order valence-corrected chi connectivity index (χ3v) is 4.56. The summed E-state index contributed by atoms with van der Waals surface area (Å²) in [5.74, 6) is 1.18. The van der Waals surface area contributed by atoms with Gasteiger partial charge in [-0.3, -0.25) is 4.79 Å². The molecule has 1 aliphatic carbocycles. The van der Waals surface area contributed by atoms with Gasteiger partial charge in [0.25, 0.3) is 0 Å². The highest BCUT2D eigenvalue weighted by atomic mass is 16.5. The Morgan fingerprint density at radius 1 is 1.37 bits per heavy atom. The van der Waals surface area contributed by atoms with Crippen molar-refractivity contribution < 1.29 is 19.0 Å². The van der Waals surface area contributed by atoms with Gasteiger partial charge in [-0.2, -0.15) is 5.26 Å². The first kappa shape index (κ1) is 18.6. The largest absolute Gasteiger partial charge is 0.490 e. The number of ether oxygens (including phenoxy) is 3. The normalized spacial score (nSPS) is 19.1. The van der Waals surface area contributed by atoms with Crippen molar-refractivity contribution in [2.75, 3.05) is 13.2 Å². The lowest BCUT2D eigenvalue weighted by molar-refractivity contribution is -0.116. The smallest absolute Gasteiger partial charge is 0.205 e. The van der Waals surface area contributed by atoms with Gasteiger partial charge in [0.1, 0.15) is 24.0 Å². The van der Waals surface area contributed by atoms with Gasteiger partial charge in [-0.15, -0.1) is 0 Å². The summed E-state index contributed by atoms with van der Waals surface area (Å²) in [4.78, 5) is 12.6. The third kappa shape index (κ3) is 3.54. The Kier molecular flexibility index (Phi) is 5.51. The highest BCUT2D eigenvalue weighted by Crippen LogP contribution is 2.45. The van der Waals surface area contributed by atoms with Crippen molar-refractivity contribution in [2.24, 2.45) is 5.73 Å². The number of allylic oxidation sites excluding steroid dienone is 3. The number of nitrogens with zero attached hydrogens (tertiary/aromatic N) is 1. The SMILES string of the molecule is C=CCOc1ccc(C2C(C#N)=C(N)OC3=C2C(=O)CCC3)cc1OCC. The second-order valence-corrected chi connectivity index (χ2v) is 6.28. The van der Waals surface area contributed by atoms with Crippen LogP contribution < -0.4 is 15.2 Å². The summed E-state index contributed by atoms with van der Waals surface area (Å²) in [6.45, 7) is 6.33. The molecule has 0 spiro atoms. The maximum Gasteiger partial charge on any atom is 0.205 e. The van der Waals surface area contributed by atoms with Crippen LogP contribution in [-0.4, -0.2) is 19.0 Å². The predicted octanol–water partition coefficient (Wildman–Crippen LogP) is 3.46. The van der Waals surface area contributed by atoms with Crippen molar-refractivity contribution in [3.8, 4) is 17.6 Å². The minimum Gasteiger partial charge on any atom is -0.490 e. The van der Waals surface area contributed by atoms with Gasteiger partial charge in [0.15, 0.2) is 17.3 Å². The van der Waals surface area contributed by atoms with Crippen LogP contribution in [0.2, 0.25) is 0 Å². The van der Waals surface area contributed by atoms with Gasteiger partial charge in [-0.05, 0) is 31.0 Å². The van der Waals surface area contributed by atoms with E-state index in [4.69, 9.17) is 19.9 Å². The lowest BCUT2D eigenvalue weighted by atomic mass is 9.77. The zero-order valence-electron chi connectivity index (χ0n) is 15.3. The van der Waals surface area contributed by atoms with Crippen LogP contribution >= 0.6 is 0 Å². The maximum absolute atomic E-state index is 12.6. The summed E-state index contributed by atoms with van der Waals surface area (Å²) in [5, 5.41) is 9.64. The second-order valence-electron chi connectivity index (χ2n) is 6.28. The minimum absolute atomic E-state index is 0.00792. The van der Waals surface area contributed by atoms with Gasteiger partial charge in [-0.25, -0.2) is 0 Å². The number of benzene rings is 1. The monoisotopic (exact) mass is 366 g/mol. The maximum atomic E-state index is 12.6. The molecule has 0 bridgehead atoms.